The third kappa shape index (κ3) is 4.28. The van der Waals surface area contributed by atoms with Crippen molar-refractivity contribution in [3.05, 3.63) is 66.7 Å². The molecule has 2 aliphatic heterocycles. The van der Waals surface area contributed by atoms with Crippen molar-refractivity contribution in [1.29, 1.82) is 0 Å². The van der Waals surface area contributed by atoms with Crippen LogP contribution in [0.3, 0.4) is 0 Å². The van der Waals surface area contributed by atoms with Crippen LogP contribution in [0, 0.1) is 0 Å². The zero-order chi connectivity index (χ0) is 21.4. The number of esters is 1. The Labute approximate surface area is 176 Å². The lowest BCUT2D eigenvalue weighted by Gasteiger charge is -2.35. The summed E-state index contributed by atoms with van der Waals surface area (Å²) in [5.41, 5.74) is -0.752. The number of benzene rings is 2. The van der Waals surface area contributed by atoms with Crippen LogP contribution >= 0.6 is 11.8 Å². The first-order valence-electron chi connectivity index (χ1n) is 9.43. The minimum Gasteiger partial charge on any atom is -0.478 e. The van der Waals surface area contributed by atoms with Gasteiger partial charge < -0.3 is 14.2 Å². The summed E-state index contributed by atoms with van der Waals surface area (Å²) in [5.74, 6) is -1.05. The fourth-order valence-corrected chi connectivity index (χ4v) is 5.69. The van der Waals surface area contributed by atoms with E-state index in [-0.39, 0.29) is 16.6 Å². The molecule has 158 valence electrons. The second kappa shape index (κ2) is 7.91. The first-order chi connectivity index (χ1) is 14.3. The van der Waals surface area contributed by atoms with Crippen molar-refractivity contribution < 1.29 is 32.2 Å². The molecule has 0 N–H and O–H groups in total. The number of thioether (sulfide) groups is 1. The number of ether oxygens (including phenoxy) is 3. The predicted molar refractivity (Wildman–Crippen MR) is 107 cm³/mol. The average Bonchev–Trinajstić information content (AvgIpc) is 3.30. The molecule has 0 saturated carbocycles. The predicted octanol–water partition coefficient (Wildman–Crippen LogP) is 5.78. The maximum absolute atomic E-state index is 12.9. The van der Waals surface area contributed by atoms with E-state index in [4.69, 9.17) is 9.47 Å². The Balaban J connectivity index is 1.64. The van der Waals surface area contributed by atoms with Crippen LogP contribution in [0.1, 0.15) is 29.6 Å². The summed E-state index contributed by atoms with van der Waals surface area (Å²) < 4.78 is 54.3. The molecule has 2 saturated heterocycles. The molecule has 0 aliphatic carbocycles. The molecule has 3 atom stereocenters. The normalized spacial score (nSPS) is 25.0. The molecule has 3 unspecified atom stereocenters. The summed E-state index contributed by atoms with van der Waals surface area (Å²) >= 11 is 1.76. The lowest BCUT2D eigenvalue weighted by Crippen LogP contribution is -2.42. The molecule has 4 nitrogen and oxygen atoms in total. The third-order valence-electron chi connectivity index (χ3n) is 5.20. The van der Waals surface area contributed by atoms with Crippen molar-refractivity contribution in [2.75, 3.05) is 0 Å². The van der Waals surface area contributed by atoms with Crippen LogP contribution in [-0.4, -0.2) is 28.4 Å². The van der Waals surface area contributed by atoms with Gasteiger partial charge in [-0.2, -0.15) is 11.8 Å². The quantitative estimate of drug-likeness (QED) is 0.327. The molecule has 2 bridgehead atoms. The molecule has 0 aromatic heterocycles. The van der Waals surface area contributed by atoms with E-state index in [1.807, 2.05) is 0 Å². The number of hydrogen-bond acceptors (Lipinski definition) is 5. The van der Waals surface area contributed by atoms with Crippen LogP contribution in [-0.2, 0) is 0 Å². The zero-order valence-corrected chi connectivity index (χ0v) is 16.7. The van der Waals surface area contributed by atoms with Gasteiger partial charge in [0.25, 0.3) is 0 Å². The van der Waals surface area contributed by atoms with Crippen molar-refractivity contribution in [2.24, 2.45) is 0 Å². The van der Waals surface area contributed by atoms with E-state index in [9.17, 15) is 18.0 Å². The van der Waals surface area contributed by atoms with Crippen LogP contribution < -0.4 is 14.2 Å². The third-order valence-corrected chi connectivity index (χ3v) is 6.95. The van der Waals surface area contributed by atoms with Gasteiger partial charge in [0.2, 0.25) is 0 Å². The highest BCUT2D eigenvalue weighted by Gasteiger charge is 2.52. The van der Waals surface area contributed by atoms with Gasteiger partial charge in [-0.1, -0.05) is 24.8 Å². The van der Waals surface area contributed by atoms with Gasteiger partial charge in [0.15, 0.2) is 11.5 Å². The van der Waals surface area contributed by atoms with Gasteiger partial charge in [-0.15, -0.1) is 13.2 Å². The van der Waals surface area contributed by atoms with Gasteiger partial charge in [-0.3, -0.25) is 0 Å². The van der Waals surface area contributed by atoms with Gasteiger partial charge in [-0.25, -0.2) is 4.79 Å². The molecular weight excluding hydrogens is 417 g/mol. The molecule has 0 spiro atoms. The fraction of sp³-hybridized carbons (Fsp3) is 0.318. The Hall–Kier alpha value is -2.61. The highest BCUT2D eigenvalue weighted by Crippen LogP contribution is 2.54. The number of hydrogen-bond donors (Lipinski definition) is 0. The van der Waals surface area contributed by atoms with E-state index < -0.39 is 23.7 Å². The molecule has 2 fully saturated rings. The number of rotatable bonds is 6. The first-order valence-corrected chi connectivity index (χ1v) is 10.4. The minimum atomic E-state index is -4.89. The molecule has 0 radical (unpaired) electrons. The summed E-state index contributed by atoms with van der Waals surface area (Å²) in [7, 11) is 0. The number of alkyl halides is 3. The zero-order valence-electron chi connectivity index (χ0n) is 15.9. The van der Waals surface area contributed by atoms with E-state index in [1.165, 1.54) is 12.1 Å². The number of para-hydroxylation sites is 1. The smallest absolute Gasteiger partial charge is 0.478 e. The lowest BCUT2D eigenvalue weighted by atomic mass is 9.84. The van der Waals surface area contributed by atoms with Crippen molar-refractivity contribution in [3.8, 4) is 17.2 Å². The minimum absolute atomic E-state index is 0.0541. The van der Waals surface area contributed by atoms with E-state index >= 15 is 0 Å². The van der Waals surface area contributed by atoms with Crippen molar-refractivity contribution in [1.82, 2.24) is 0 Å². The Morgan fingerprint density at radius 1 is 1.13 bits per heavy atom. The number of carbonyl (C=O) groups excluding carboxylic acids is 1. The van der Waals surface area contributed by atoms with Gasteiger partial charge in [0, 0.05) is 16.9 Å². The monoisotopic (exact) mass is 436 g/mol. The topological polar surface area (TPSA) is 44.8 Å². The summed E-state index contributed by atoms with van der Waals surface area (Å²) in [5, 5.41) is 0.477. The molecule has 2 aromatic carbocycles. The van der Waals surface area contributed by atoms with Gasteiger partial charge in [0.1, 0.15) is 11.4 Å². The second-order valence-corrected chi connectivity index (χ2v) is 8.71. The Morgan fingerprint density at radius 3 is 2.50 bits per heavy atom. The largest absolute Gasteiger partial charge is 0.573 e. The number of fused-ring (bicyclic) bond motifs is 2. The molecule has 2 aliphatic rings. The molecule has 0 amide bonds. The van der Waals surface area contributed by atoms with Crippen LogP contribution in [0.4, 0.5) is 13.2 Å². The van der Waals surface area contributed by atoms with Crippen molar-refractivity contribution >= 4 is 17.7 Å². The van der Waals surface area contributed by atoms with Crippen LogP contribution in [0.15, 0.2) is 61.2 Å². The summed E-state index contributed by atoms with van der Waals surface area (Å²) in [6, 6.07) is 11.9. The van der Waals surface area contributed by atoms with Gasteiger partial charge >= 0.3 is 12.3 Å². The lowest BCUT2D eigenvalue weighted by molar-refractivity contribution is -0.275. The van der Waals surface area contributed by atoms with Gasteiger partial charge in [0.05, 0.1) is 5.56 Å². The van der Waals surface area contributed by atoms with Gasteiger partial charge in [-0.05, 0) is 49.2 Å². The SMILES string of the molecule is C=CC1(Oc2cc(C(=O)Oc3ccccc3)ccc2OC(F)(F)F)CC2CCC1S2. The van der Waals surface area contributed by atoms with E-state index in [0.29, 0.717) is 17.4 Å². The Morgan fingerprint density at radius 2 is 1.90 bits per heavy atom. The summed E-state index contributed by atoms with van der Waals surface area (Å²) in [6.07, 6.45) is -0.655. The standard InChI is InChI=1S/C22H19F3O4S/c1-2-21(13-16-9-11-19(21)30-16)28-18-12-14(8-10-17(18)29-22(23,24)25)20(26)27-15-6-4-3-5-7-15/h2-8,10,12,16,19H,1,9,11,13H2. The Kier molecular flexibility index (Phi) is 5.44. The fourth-order valence-electron chi connectivity index (χ4n) is 3.85. The summed E-state index contributed by atoms with van der Waals surface area (Å²) in [6.45, 7) is 3.85. The van der Waals surface area contributed by atoms with Crippen LogP contribution in [0.2, 0.25) is 0 Å². The molecule has 30 heavy (non-hydrogen) atoms. The highest BCUT2D eigenvalue weighted by atomic mass is 32.2. The number of halogens is 3. The van der Waals surface area contributed by atoms with Crippen molar-refractivity contribution in [2.45, 2.75) is 41.7 Å². The van der Waals surface area contributed by atoms with E-state index in [0.717, 1.165) is 18.9 Å². The molecule has 2 heterocycles. The number of carbonyl (C=O) groups is 1. The second-order valence-electron chi connectivity index (χ2n) is 7.20. The summed E-state index contributed by atoms with van der Waals surface area (Å²) in [4.78, 5) is 12.5. The van der Waals surface area contributed by atoms with Crippen molar-refractivity contribution in [3.63, 3.8) is 0 Å². The van der Waals surface area contributed by atoms with Crippen LogP contribution in [0.5, 0.6) is 17.2 Å². The van der Waals surface area contributed by atoms with Crippen LogP contribution in [0.25, 0.3) is 0 Å². The van der Waals surface area contributed by atoms with E-state index in [1.54, 1.807) is 48.2 Å². The Bertz CT molecular complexity index is 947. The van der Waals surface area contributed by atoms with E-state index in [2.05, 4.69) is 11.3 Å². The average molecular weight is 436 g/mol. The highest BCUT2D eigenvalue weighted by molar-refractivity contribution is 8.01. The molecule has 4 rings (SSSR count). The molecular formula is C22H19F3O4S. The maximum atomic E-state index is 12.9. The molecule has 2 aromatic rings. The first kappa shape index (κ1) is 20.7. The molecule has 8 heteroatoms. The maximum Gasteiger partial charge on any atom is 0.573 e.